The summed E-state index contributed by atoms with van der Waals surface area (Å²) in [5.41, 5.74) is 6.83. The highest BCUT2D eigenvalue weighted by Gasteiger charge is 2.47. The molecule has 3 heteroatoms. The van der Waals surface area contributed by atoms with E-state index >= 15 is 0 Å². The van der Waals surface area contributed by atoms with Gasteiger partial charge in [0.25, 0.3) is 0 Å². The Labute approximate surface area is 118 Å². The van der Waals surface area contributed by atoms with E-state index < -0.39 is 0 Å². The lowest BCUT2D eigenvalue weighted by molar-refractivity contribution is 0.0559. The summed E-state index contributed by atoms with van der Waals surface area (Å²) in [6.07, 6.45) is 6.28. The van der Waals surface area contributed by atoms with Gasteiger partial charge in [-0.1, -0.05) is 27.7 Å². The molecule has 2 aliphatic rings. The summed E-state index contributed by atoms with van der Waals surface area (Å²) in [6.45, 7) is 12.6. The first-order chi connectivity index (χ1) is 8.80. The van der Waals surface area contributed by atoms with E-state index in [4.69, 9.17) is 5.73 Å². The van der Waals surface area contributed by atoms with Crippen molar-refractivity contribution in [3.05, 3.63) is 0 Å². The van der Waals surface area contributed by atoms with Crippen LogP contribution in [-0.4, -0.2) is 29.0 Å². The zero-order chi connectivity index (χ0) is 14.3. The van der Waals surface area contributed by atoms with Crippen LogP contribution in [0, 0.1) is 11.3 Å². The van der Waals surface area contributed by atoms with Gasteiger partial charge in [-0.05, 0) is 50.4 Å². The second kappa shape index (κ2) is 4.99. The third-order valence-electron chi connectivity index (χ3n) is 5.47. The molecule has 1 aliphatic carbocycles. The van der Waals surface area contributed by atoms with Crippen molar-refractivity contribution in [3.63, 3.8) is 0 Å². The maximum absolute atomic E-state index is 6.16. The second-order valence-corrected chi connectivity index (χ2v) is 7.67. The minimum atomic E-state index is 0.237. The fourth-order valence-electron chi connectivity index (χ4n) is 3.92. The van der Waals surface area contributed by atoms with Gasteiger partial charge >= 0.3 is 0 Å². The zero-order valence-corrected chi connectivity index (χ0v) is 13.4. The number of hydrogen-bond acceptors (Lipinski definition) is 3. The van der Waals surface area contributed by atoms with Gasteiger partial charge in [-0.2, -0.15) is 0 Å². The molecule has 1 aliphatic heterocycles. The summed E-state index contributed by atoms with van der Waals surface area (Å²) < 4.78 is 0. The molecule has 2 rings (SSSR count). The van der Waals surface area contributed by atoms with Gasteiger partial charge in [0.2, 0.25) is 0 Å². The molecule has 1 heterocycles. The summed E-state index contributed by atoms with van der Waals surface area (Å²) in [7, 11) is 0. The van der Waals surface area contributed by atoms with E-state index in [1.54, 1.807) is 0 Å². The maximum atomic E-state index is 6.16. The fraction of sp³-hybridized carbons (Fsp3) is 0.938. The van der Waals surface area contributed by atoms with E-state index in [1.165, 1.54) is 25.7 Å². The molecule has 0 saturated heterocycles. The third-order valence-corrected chi connectivity index (χ3v) is 5.47. The third kappa shape index (κ3) is 2.61. The van der Waals surface area contributed by atoms with Crippen LogP contribution < -0.4 is 5.73 Å². The molecule has 1 saturated carbocycles. The lowest BCUT2D eigenvalue weighted by atomic mass is 9.67. The molecule has 0 aromatic heterocycles. The maximum Gasteiger partial charge on any atom is 0.192 e. The molecule has 2 N–H and O–H groups in total. The highest BCUT2D eigenvalue weighted by Crippen LogP contribution is 2.45. The normalized spacial score (nSPS) is 33.6. The molecular weight excluding hydrogens is 234 g/mol. The van der Waals surface area contributed by atoms with Crippen LogP contribution >= 0.6 is 0 Å². The number of guanidine groups is 1. The van der Waals surface area contributed by atoms with Crippen molar-refractivity contribution in [2.24, 2.45) is 22.1 Å². The molecule has 0 bridgehead atoms. The van der Waals surface area contributed by atoms with Gasteiger partial charge < -0.3 is 10.6 Å². The van der Waals surface area contributed by atoms with Crippen LogP contribution in [0.1, 0.15) is 66.7 Å². The molecule has 110 valence electrons. The first-order valence-corrected chi connectivity index (χ1v) is 7.89. The van der Waals surface area contributed by atoms with Gasteiger partial charge in [-0.25, -0.2) is 0 Å². The molecule has 0 amide bonds. The van der Waals surface area contributed by atoms with E-state index in [9.17, 15) is 0 Å². The average molecular weight is 265 g/mol. The van der Waals surface area contributed by atoms with E-state index in [-0.39, 0.29) is 5.54 Å². The molecule has 19 heavy (non-hydrogen) atoms. The summed E-state index contributed by atoms with van der Waals surface area (Å²) in [4.78, 5) is 7.01. The molecule has 1 unspecified atom stereocenters. The smallest absolute Gasteiger partial charge is 0.192 e. The van der Waals surface area contributed by atoms with Gasteiger partial charge in [-0.3, -0.25) is 4.99 Å². The molecule has 0 aromatic carbocycles. The standard InChI is InChI=1S/C16H31N3/c1-6-12(2)19-14(17)18-11-16(19)9-7-13(8-10-16)15(3,4)5/h12-13H,6-11H2,1-5H3,(H2,17,18). The number of aliphatic imine (C=N–C) groups is 1. The topological polar surface area (TPSA) is 41.6 Å². The van der Waals surface area contributed by atoms with Crippen molar-refractivity contribution >= 4 is 5.96 Å². The zero-order valence-electron chi connectivity index (χ0n) is 13.4. The van der Waals surface area contributed by atoms with Crippen LogP contribution in [0.3, 0.4) is 0 Å². The number of nitrogens with zero attached hydrogens (tertiary/aromatic N) is 2. The quantitative estimate of drug-likeness (QED) is 0.831. The average Bonchev–Trinajstić information content (AvgIpc) is 2.65. The summed E-state index contributed by atoms with van der Waals surface area (Å²) in [5, 5.41) is 0. The largest absolute Gasteiger partial charge is 0.370 e. The van der Waals surface area contributed by atoms with Crippen molar-refractivity contribution in [1.82, 2.24) is 4.90 Å². The highest BCUT2D eigenvalue weighted by molar-refractivity contribution is 5.81. The lowest BCUT2D eigenvalue weighted by Gasteiger charge is -2.48. The first kappa shape index (κ1) is 14.7. The van der Waals surface area contributed by atoms with Crippen molar-refractivity contribution < 1.29 is 0 Å². The van der Waals surface area contributed by atoms with Gasteiger partial charge in [0.15, 0.2) is 5.96 Å². The number of nitrogens with two attached hydrogens (primary N) is 1. The lowest BCUT2D eigenvalue weighted by Crippen LogP contribution is -2.57. The van der Waals surface area contributed by atoms with Crippen molar-refractivity contribution in [3.8, 4) is 0 Å². The second-order valence-electron chi connectivity index (χ2n) is 7.67. The Kier molecular flexibility index (Phi) is 3.85. The molecule has 0 aromatic rings. The molecular formula is C16H31N3. The molecule has 3 nitrogen and oxygen atoms in total. The minimum absolute atomic E-state index is 0.237. The highest BCUT2D eigenvalue weighted by atomic mass is 15.4. The molecule has 1 fully saturated rings. The van der Waals surface area contributed by atoms with Gasteiger partial charge in [-0.15, -0.1) is 0 Å². The first-order valence-electron chi connectivity index (χ1n) is 7.89. The van der Waals surface area contributed by atoms with Crippen molar-refractivity contribution in [1.29, 1.82) is 0 Å². The van der Waals surface area contributed by atoms with Crippen LogP contribution in [0.25, 0.3) is 0 Å². The summed E-state index contributed by atoms with van der Waals surface area (Å²) in [6, 6.07) is 0.512. The predicted molar refractivity (Wildman–Crippen MR) is 82.2 cm³/mol. The van der Waals surface area contributed by atoms with Crippen LogP contribution in [0.5, 0.6) is 0 Å². The minimum Gasteiger partial charge on any atom is -0.370 e. The Hall–Kier alpha value is -0.730. The van der Waals surface area contributed by atoms with Crippen LogP contribution in [0.4, 0.5) is 0 Å². The molecule has 1 spiro atoms. The fourth-order valence-corrected chi connectivity index (χ4v) is 3.92. The Bertz CT molecular complexity index is 345. The Morgan fingerprint density at radius 3 is 2.42 bits per heavy atom. The molecule has 0 radical (unpaired) electrons. The van der Waals surface area contributed by atoms with Gasteiger partial charge in [0, 0.05) is 6.04 Å². The van der Waals surface area contributed by atoms with E-state index in [0.29, 0.717) is 11.5 Å². The summed E-state index contributed by atoms with van der Waals surface area (Å²) in [5.74, 6) is 1.63. The van der Waals surface area contributed by atoms with Crippen LogP contribution in [0.2, 0.25) is 0 Å². The van der Waals surface area contributed by atoms with Gasteiger partial charge in [0.05, 0.1) is 12.1 Å². The Balaban J connectivity index is 2.10. The van der Waals surface area contributed by atoms with Crippen molar-refractivity contribution in [2.75, 3.05) is 6.54 Å². The van der Waals surface area contributed by atoms with Crippen LogP contribution in [-0.2, 0) is 0 Å². The SMILES string of the molecule is CCC(C)N1C(N)=NCC12CCC(C(C)(C)C)CC2. The molecule has 1 atom stereocenters. The van der Waals surface area contributed by atoms with Gasteiger partial charge in [0.1, 0.15) is 0 Å². The number of rotatable bonds is 2. The summed E-state index contributed by atoms with van der Waals surface area (Å²) >= 11 is 0. The van der Waals surface area contributed by atoms with Crippen LogP contribution in [0.15, 0.2) is 4.99 Å². The van der Waals surface area contributed by atoms with E-state index in [2.05, 4.69) is 44.5 Å². The predicted octanol–water partition coefficient (Wildman–Crippen LogP) is 3.39. The van der Waals surface area contributed by atoms with E-state index in [1.807, 2.05) is 0 Å². The Morgan fingerprint density at radius 1 is 1.37 bits per heavy atom. The Morgan fingerprint density at radius 2 is 1.95 bits per heavy atom. The monoisotopic (exact) mass is 265 g/mol. The number of hydrogen-bond donors (Lipinski definition) is 1. The van der Waals surface area contributed by atoms with E-state index in [0.717, 1.165) is 24.8 Å². The van der Waals surface area contributed by atoms with Crippen molar-refractivity contribution in [2.45, 2.75) is 78.3 Å².